The molecule has 0 atom stereocenters. The van der Waals surface area contributed by atoms with Gasteiger partial charge in [0.25, 0.3) is 0 Å². The second-order valence-corrected chi connectivity index (χ2v) is 5.48. The van der Waals surface area contributed by atoms with E-state index in [-0.39, 0.29) is 5.78 Å². The van der Waals surface area contributed by atoms with Crippen LogP contribution in [0.1, 0.15) is 34.0 Å². The monoisotopic (exact) mass is 279 g/mol. The van der Waals surface area contributed by atoms with Crippen LogP contribution in [-0.2, 0) is 0 Å². The molecule has 2 aromatic carbocycles. The summed E-state index contributed by atoms with van der Waals surface area (Å²) in [5, 5.41) is 3.26. The first-order chi connectivity index (χ1) is 9.95. The van der Waals surface area contributed by atoms with Crippen LogP contribution >= 0.6 is 0 Å². The molecule has 21 heavy (non-hydrogen) atoms. The molecule has 0 aliphatic carbocycles. The molecule has 0 spiro atoms. The van der Waals surface area contributed by atoms with E-state index in [2.05, 4.69) is 31.3 Å². The van der Waals surface area contributed by atoms with Crippen molar-refractivity contribution in [3.63, 3.8) is 0 Å². The molecule has 0 fully saturated rings. The van der Waals surface area contributed by atoms with Crippen LogP contribution in [0.2, 0.25) is 0 Å². The fourth-order valence-corrected chi connectivity index (χ4v) is 2.08. The molecule has 1 N–H and O–H groups in total. The van der Waals surface area contributed by atoms with Crippen molar-refractivity contribution in [2.24, 2.45) is 0 Å². The van der Waals surface area contributed by atoms with Gasteiger partial charge in [0.15, 0.2) is 5.78 Å². The fraction of sp³-hybridized carbons (Fsp3) is 0.211. The molecule has 0 bridgehead atoms. The second-order valence-electron chi connectivity index (χ2n) is 5.48. The van der Waals surface area contributed by atoms with Gasteiger partial charge < -0.3 is 5.32 Å². The Morgan fingerprint density at radius 1 is 0.952 bits per heavy atom. The van der Waals surface area contributed by atoms with Crippen molar-refractivity contribution in [1.82, 2.24) is 0 Å². The normalized spacial score (nSPS) is 11.3. The lowest BCUT2D eigenvalue weighted by atomic mass is 10.1. The molecule has 0 saturated heterocycles. The van der Waals surface area contributed by atoms with Crippen molar-refractivity contribution in [2.75, 3.05) is 5.32 Å². The number of carbonyl (C=O) groups excluding carboxylic acids is 1. The van der Waals surface area contributed by atoms with Crippen LogP contribution in [0.4, 0.5) is 5.69 Å². The third kappa shape index (κ3) is 4.06. The van der Waals surface area contributed by atoms with Crippen molar-refractivity contribution in [1.29, 1.82) is 0 Å². The molecule has 0 radical (unpaired) electrons. The van der Waals surface area contributed by atoms with Crippen molar-refractivity contribution < 1.29 is 4.79 Å². The molecule has 0 aliphatic rings. The number of anilines is 1. The predicted octanol–water partition coefficient (Wildman–Crippen LogP) is 4.81. The molecule has 2 rings (SSSR count). The summed E-state index contributed by atoms with van der Waals surface area (Å²) in [5.74, 6) is 0.0174. The summed E-state index contributed by atoms with van der Waals surface area (Å²) in [4.78, 5) is 12.2. The van der Waals surface area contributed by atoms with E-state index < -0.39 is 0 Å². The Hall–Kier alpha value is -2.35. The van der Waals surface area contributed by atoms with Crippen LogP contribution in [0, 0.1) is 20.8 Å². The summed E-state index contributed by atoms with van der Waals surface area (Å²) in [6.07, 6.45) is 1.64. The minimum atomic E-state index is 0.0174. The van der Waals surface area contributed by atoms with Gasteiger partial charge >= 0.3 is 0 Å². The third-order valence-electron chi connectivity index (χ3n) is 3.53. The number of aryl methyl sites for hydroxylation is 3. The summed E-state index contributed by atoms with van der Waals surface area (Å²) in [6.45, 7) is 8.08. The molecule has 2 aromatic rings. The second kappa shape index (κ2) is 6.40. The van der Waals surface area contributed by atoms with Crippen LogP contribution in [0.15, 0.2) is 54.2 Å². The van der Waals surface area contributed by atoms with Gasteiger partial charge in [0.2, 0.25) is 0 Å². The van der Waals surface area contributed by atoms with Crippen LogP contribution in [0.3, 0.4) is 0 Å². The summed E-state index contributed by atoms with van der Waals surface area (Å²) in [5.41, 5.74) is 6.20. The Bertz CT molecular complexity index is 681. The SMILES string of the molecule is CC(=CC(=O)c1ccc(C)cc1)Nc1ccc(C)c(C)c1. The Morgan fingerprint density at radius 3 is 2.24 bits per heavy atom. The summed E-state index contributed by atoms with van der Waals surface area (Å²) >= 11 is 0. The highest BCUT2D eigenvalue weighted by Crippen LogP contribution is 2.16. The van der Waals surface area contributed by atoms with Crippen molar-refractivity contribution in [3.05, 3.63) is 76.5 Å². The number of carbonyl (C=O) groups is 1. The van der Waals surface area contributed by atoms with E-state index >= 15 is 0 Å². The molecule has 0 aromatic heterocycles. The zero-order chi connectivity index (χ0) is 15.4. The van der Waals surface area contributed by atoms with Gasteiger partial charge in [-0.15, -0.1) is 0 Å². The lowest BCUT2D eigenvalue weighted by Crippen LogP contribution is -2.01. The molecule has 0 heterocycles. The zero-order valence-corrected chi connectivity index (χ0v) is 13.0. The van der Waals surface area contributed by atoms with Crippen molar-refractivity contribution in [3.8, 4) is 0 Å². The number of hydrogen-bond acceptors (Lipinski definition) is 2. The number of rotatable bonds is 4. The Morgan fingerprint density at radius 2 is 1.62 bits per heavy atom. The van der Waals surface area contributed by atoms with Gasteiger partial charge in [0, 0.05) is 23.0 Å². The standard InChI is InChI=1S/C19H21NO/c1-13-5-8-17(9-6-13)19(21)12-16(4)20-18-10-7-14(2)15(3)11-18/h5-12,20H,1-4H3. The average molecular weight is 279 g/mol. The summed E-state index contributed by atoms with van der Waals surface area (Å²) in [6, 6.07) is 13.8. The van der Waals surface area contributed by atoms with Crippen LogP contribution in [0.25, 0.3) is 0 Å². The Kier molecular flexibility index (Phi) is 4.59. The Labute approximate surface area is 126 Å². The number of ketones is 1. The number of allylic oxidation sites excluding steroid dienone is 2. The van der Waals surface area contributed by atoms with Gasteiger partial charge in [-0.1, -0.05) is 35.9 Å². The Balaban J connectivity index is 2.11. The number of hydrogen-bond donors (Lipinski definition) is 1. The average Bonchev–Trinajstić information content (AvgIpc) is 2.43. The highest BCUT2D eigenvalue weighted by Gasteiger charge is 2.03. The third-order valence-corrected chi connectivity index (χ3v) is 3.53. The highest BCUT2D eigenvalue weighted by atomic mass is 16.1. The van der Waals surface area contributed by atoms with E-state index in [1.165, 1.54) is 11.1 Å². The first-order valence-electron chi connectivity index (χ1n) is 7.09. The lowest BCUT2D eigenvalue weighted by molar-refractivity contribution is 0.104. The van der Waals surface area contributed by atoms with Crippen molar-refractivity contribution in [2.45, 2.75) is 27.7 Å². The predicted molar refractivity (Wildman–Crippen MR) is 88.8 cm³/mol. The van der Waals surface area contributed by atoms with E-state index in [9.17, 15) is 4.79 Å². The van der Waals surface area contributed by atoms with Crippen molar-refractivity contribution >= 4 is 11.5 Å². The molecule has 0 aliphatic heterocycles. The quantitative estimate of drug-likeness (QED) is 0.642. The van der Waals surface area contributed by atoms with E-state index in [1.54, 1.807) is 6.08 Å². The topological polar surface area (TPSA) is 29.1 Å². The van der Waals surface area contributed by atoms with Gasteiger partial charge in [0.05, 0.1) is 0 Å². The van der Waals surface area contributed by atoms with Gasteiger partial charge in [0.1, 0.15) is 0 Å². The minimum Gasteiger partial charge on any atom is -0.359 e. The van der Waals surface area contributed by atoms with Crippen LogP contribution in [-0.4, -0.2) is 5.78 Å². The molecule has 2 nitrogen and oxygen atoms in total. The van der Waals surface area contributed by atoms with Gasteiger partial charge in [-0.2, -0.15) is 0 Å². The van der Waals surface area contributed by atoms with Crippen LogP contribution in [0.5, 0.6) is 0 Å². The van der Waals surface area contributed by atoms with E-state index in [4.69, 9.17) is 0 Å². The molecular weight excluding hydrogens is 258 g/mol. The zero-order valence-electron chi connectivity index (χ0n) is 13.0. The maximum Gasteiger partial charge on any atom is 0.187 e. The largest absolute Gasteiger partial charge is 0.359 e. The first-order valence-corrected chi connectivity index (χ1v) is 7.09. The molecular formula is C19H21NO. The lowest BCUT2D eigenvalue weighted by Gasteiger charge is -2.09. The van der Waals surface area contributed by atoms with Gasteiger partial charge in [-0.25, -0.2) is 0 Å². The van der Waals surface area contributed by atoms with E-state index in [0.29, 0.717) is 5.56 Å². The van der Waals surface area contributed by atoms with Crippen LogP contribution < -0.4 is 5.32 Å². The molecule has 0 unspecified atom stereocenters. The number of benzene rings is 2. The molecule has 2 heteroatoms. The molecule has 0 saturated carbocycles. The van der Waals surface area contributed by atoms with Gasteiger partial charge in [-0.3, -0.25) is 4.79 Å². The van der Waals surface area contributed by atoms with E-state index in [1.807, 2.05) is 44.2 Å². The maximum atomic E-state index is 12.2. The van der Waals surface area contributed by atoms with Gasteiger partial charge in [-0.05, 0) is 51.0 Å². The maximum absolute atomic E-state index is 12.2. The first kappa shape index (κ1) is 15.0. The molecule has 108 valence electrons. The fourth-order valence-electron chi connectivity index (χ4n) is 2.08. The smallest absolute Gasteiger partial charge is 0.187 e. The summed E-state index contributed by atoms with van der Waals surface area (Å²) in [7, 11) is 0. The minimum absolute atomic E-state index is 0.0174. The molecule has 0 amide bonds. The summed E-state index contributed by atoms with van der Waals surface area (Å²) < 4.78 is 0. The van der Waals surface area contributed by atoms with E-state index in [0.717, 1.165) is 16.9 Å². The number of nitrogens with one attached hydrogen (secondary N) is 1. The highest BCUT2D eigenvalue weighted by molar-refractivity contribution is 6.05.